The Hall–Kier alpha value is -1.47. The molecule has 1 amide bonds. The van der Waals surface area contributed by atoms with E-state index in [1.807, 2.05) is 19.1 Å². The number of likely N-dealkylation sites (tertiary alicyclic amines) is 1. The number of sulfonamides is 1. The van der Waals surface area contributed by atoms with Gasteiger partial charge in [0.1, 0.15) is 0 Å². The zero-order chi connectivity index (χ0) is 17.2. The summed E-state index contributed by atoms with van der Waals surface area (Å²) in [6.45, 7) is 7.04. The summed E-state index contributed by atoms with van der Waals surface area (Å²) in [6.07, 6.45) is 1.58. The molecule has 1 aliphatic rings. The zero-order valence-electron chi connectivity index (χ0n) is 13.9. The number of carbonyl (C=O) groups excluding carboxylic acids is 1. The van der Waals surface area contributed by atoms with Crippen LogP contribution < -0.4 is 5.14 Å². The molecule has 0 radical (unpaired) electrons. The summed E-state index contributed by atoms with van der Waals surface area (Å²) < 4.78 is 22.5. The Balaban J connectivity index is 2.13. The van der Waals surface area contributed by atoms with E-state index >= 15 is 0 Å². The maximum Gasteiger partial charge on any atom is 0.255 e. The molecule has 1 saturated heterocycles. The maximum atomic E-state index is 12.7. The second-order valence-corrected chi connectivity index (χ2v) is 8.27. The smallest absolute Gasteiger partial charge is 0.255 e. The van der Waals surface area contributed by atoms with Crippen molar-refractivity contribution in [3.05, 3.63) is 29.1 Å². The molecule has 23 heavy (non-hydrogen) atoms. The van der Waals surface area contributed by atoms with E-state index in [1.54, 1.807) is 4.90 Å². The molecular weight excluding hydrogens is 314 g/mol. The number of rotatable bonds is 4. The lowest BCUT2D eigenvalue weighted by atomic mass is 9.99. The molecule has 1 aromatic rings. The van der Waals surface area contributed by atoms with Crippen LogP contribution in [-0.2, 0) is 10.0 Å². The number of nitrogens with two attached hydrogens (primary N) is 1. The van der Waals surface area contributed by atoms with Crippen LogP contribution in [0.5, 0.6) is 0 Å². The van der Waals surface area contributed by atoms with Gasteiger partial charge in [0.25, 0.3) is 5.91 Å². The van der Waals surface area contributed by atoms with Gasteiger partial charge in [0.15, 0.2) is 0 Å². The van der Waals surface area contributed by atoms with Crippen molar-refractivity contribution in [1.82, 2.24) is 9.88 Å². The Morgan fingerprint density at radius 3 is 2.70 bits per heavy atom. The van der Waals surface area contributed by atoms with Gasteiger partial charge in [0.05, 0.1) is 17.0 Å². The van der Waals surface area contributed by atoms with E-state index in [9.17, 15) is 13.2 Å². The highest BCUT2D eigenvalue weighted by Gasteiger charge is 2.27. The standard InChI is InChI=1S/C16H25N3O3S/c1-11(2)15-7-6-14(12(3)18-15)16(20)19-8-4-5-13(9-19)10-23(17,21)22/h6-7,11,13H,4-5,8-10H2,1-3H3,(H2,17,21,22). The van der Waals surface area contributed by atoms with E-state index in [0.717, 1.165) is 24.2 Å². The lowest BCUT2D eigenvalue weighted by Gasteiger charge is -2.32. The van der Waals surface area contributed by atoms with Crippen LogP contribution in [0.2, 0.25) is 0 Å². The fraction of sp³-hybridized carbons (Fsp3) is 0.625. The topological polar surface area (TPSA) is 93.4 Å². The molecule has 0 bridgehead atoms. The van der Waals surface area contributed by atoms with Gasteiger partial charge in [-0.1, -0.05) is 13.8 Å². The Morgan fingerprint density at radius 1 is 1.43 bits per heavy atom. The molecule has 2 N–H and O–H groups in total. The van der Waals surface area contributed by atoms with Gasteiger partial charge in [-0.05, 0) is 43.7 Å². The second kappa shape index (κ2) is 6.97. The van der Waals surface area contributed by atoms with E-state index in [2.05, 4.69) is 18.8 Å². The highest BCUT2D eigenvalue weighted by Crippen LogP contribution is 2.21. The van der Waals surface area contributed by atoms with Crippen molar-refractivity contribution in [1.29, 1.82) is 0 Å². The maximum absolute atomic E-state index is 12.7. The number of hydrogen-bond acceptors (Lipinski definition) is 4. The van der Waals surface area contributed by atoms with Crippen molar-refractivity contribution in [2.75, 3.05) is 18.8 Å². The molecular formula is C16H25N3O3S. The van der Waals surface area contributed by atoms with Gasteiger partial charge >= 0.3 is 0 Å². The number of pyridine rings is 1. The first kappa shape index (κ1) is 17.9. The van der Waals surface area contributed by atoms with Crippen molar-refractivity contribution in [2.24, 2.45) is 11.1 Å². The monoisotopic (exact) mass is 339 g/mol. The number of nitrogens with zero attached hydrogens (tertiary/aromatic N) is 2. The molecule has 0 aromatic carbocycles. The molecule has 1 fully saturated rings. The van der Waals surface area contributed by atoms with E-state index in [0.29, 0.717) is 24.6 Å². The third kappa shape index (κ3) is 4.75. The number of aryl methyl sites for hydroxylation is 1. The molecule has 7 heteroatoms. The summed E-state index contributed by atoms with van der Waals surface area (Å²) in [5.74, 6) is 0.0719. The van der Waals surface area contributed by atoms with Crippen LogP contribution in [0.4, 0.5) is 0 Å². The highest BCUT2D eigenvalue weighted by atomic mass is 32.2. The number of hydrogen-bond donors (Lipinski definition) is 1. The quantitative estimate of drug-likeness (QED) is 0.902. The van der Waals surface area contributed by atoms with Gasteiger partial charge < -0.3 is 4.90 Å². The molecule has 1 aromatic heterocycles. The Labute approximate surface area is 138 Å². The van der Waals surface area contributed by atoms with Crippen LogP contribution in [0.15, 0.2) is 12.1 Å². The van der Waals surface area contributed by atoms with E-state index in [4.69, 9.17) is 5.14 Å². The van der Waals surface area contributed by atoms with Crippen molar-refractivity contribution in [3.63, 3.8) is 0 Å². The molecule has 0 saturated carbocycles. The molecule has 128 valence electrons. The van der Waals surface area contributed by atoms with Crippen molar-refractivity contribution in [3.8, 4) is 0 Å². The first-order valence-corrected chi connectivity index (χ1v) is 9.66. The van der Waals surface area contributed by atoms with E-state index in [1.165, 1.54) is 0 Å². The summed E-state index contributed by atoms with van der Waals surface area (Å²) in [6, 6.07) is 3.71. The Bertz CT molecular complexity index is 686. The van der Waals surface area contributed by atoms with Gasteiger partial charge in [-0.25, -0.2) is 13.6 Å². The molecule has 2 heterocycles. The largest absolute Gasteiger partial charge is 0.338 e. The van der Waals surface area contributed by atoms with E-state index < -0.39 is 10.0 Å². The van der Waals surface area contributed by atoms with Crippen LogP contribution in [0.25, 0.3) is 0 Å². The van der Waals surface area contributed by atoms with Crippen molar-refractivity contribution < 1.29 is 13.2 Å². The third-order valence-electron chi connectivity index (χ3n) is 4.20. The molecule has 1 atom stereocenters. The van der Waals surface area contributed by atoms with Crippen LogP contribution in [0.1, 0.15) is 54.4 Å². The van der Waals surface area contributed by atoms with E-state index in [-0.39, 0.29) is 17.6 Å². The SMILES string of the molecule is Cc1nc(C(C)C)ccc1C(=O)N1CCCC(CS(N)(=O)=O)C1. The number of amides is 1. The number of primary sulfonamides is 1. The zero-order valence-corrected chi connectivity index (χ0v) is 14.8. The van der Waals surface area contributed by atoms with Crippen LogP contribution in [0, 0.1) is 12.8 Å². The summed E-state index contributed by atoms with van der Waals surface area (Å²) >= 11 is 0. The van der Waals surface area contributed by atoms with Gasteiger partial charge in [0.2, 0.25) is 10.0 Å². The minimum atomic E-state index is -3.51. The average Bonchev–Trinajstić information content (AvgIpc) is 2.44. The first-order valence-electron chi connectivity index (χ1n) is 7.94. The average molecular weight is 339 g/mol. The lowest BCUT2D eigenvalue weighted by molar-refractivity contribution is 0.0683. The fourth-order valence-corrected chi connectivity index (χ4v) is 3.94. The molecule has 6 nitrogen and oxygen atoms in total. The van der Waals surface area contributed by atoms with Gasteiger partial charge in [-0.2, -0.15) is 0 Å². The van der Waals surface area contributed by atoms with Gasteiger partial charge in [-0.3, -0.25) is 9.78 Å². The second-order valence-electron chi connectivity index (χ2n) is 6.61. The van der Waals surface area contributed by atoms with Crippen molar-refractivity contribution in [2.45, 2.75) is 39.5 Å². The molecule has 0 spiro atoms. The summed E-state index contributed by atoms with van der Waals surface area (Å²) in [5.41, 5.74) is 2.27. The summed E-state index contributed by atoms with van der Waals surface area (Å²) in [7, 11) is -3.51. The Morgan fingerprint density at radius 2 is 2.13 bits per heavy atom. The van der Waals surface area contributed by atoms with Gasteiger partial charge in [-0.15, -0.1) is 0 Å². The lowest BCUT2D eigenvalue weighted by Crippen LogP contribution is -2.42. The summed E-state index contributed by atoms with van der Waals surface area (Å²) in [4.78, 5) is 18.9. The fourth-order valence-electron chi connectivity index (χ4n) is 3.01. The summed E-state index contributed by atoms with van der Waals surface area (Å²) in [5, 5.41) is 5.13. The third-order valence-corrected chi connectivity index (χ3v) is 5.14. The predicted octanol–water partition coefficient (Wildman–Crippen LogP) is 1.65. The van der Waals surface area contributed by atoms with Crippen molar-refractivity contribution >= 4 is 15.9 Å². The minimum absolute atomic E-state index is 0.0691. The molecule has 1 unspecified atom stereocenters. The van der Waals surface area contributed by atoms with Crippen LogP contribution in [-0.4, -0.2) is 43.1 Å². The number of piperidine rings is 1. The normalized spacial score (nSPS) is 19.2. The predicted molar refractivity (Wildman–Crippen MR) is 89.7 cm³/mol. The molecule has 1 aliphatic heterocycles. The number of carbonyl (C=O) groups is 1. The Kier molecular flexibility index (Phi) is 5.41. The van der Waals surface area contributed by atoms with Crippen LogP contribution >= 0.6 is 0 Å². The first-order chi connectivity index (χ1) is 10.7. The van der Waals surface area contributed by atoms with Gasteiger partial charge in [0, 0.05) is 18.8 Å². The molecule has 0 aliphatic carbocycles. The number of aromatic nitrogens is 1. The van der Waals surface area contributed by atoms with Crippen LogP contribution in [0.3, 0.4) is 0 Å². The minimum Gasteiger partial charge on any atom is -0.338 e. The molecule has 2 rings (SSSR count). The highest BCUT2D eigenvalue weighted by molar-refractivity contribution is 7.89.